The smallest absolute Gasteiger partial charge is 0.114 e. The molecule has 1 fully saturated rings. The number of nitrogens with one attached hydrogen (secondary N) is 1. The van der Waals surface area contributed by atoms with E-state index >= 15 is 0 Å². The van der Waals surface area contributed by atoms with Gasteiger partial charge in [-0.1, -0.05) is 13.0 Å². The van der Waals surface area contributed by atoms with Crippen molar-refractivity contribution in [3.05, 3.63) is 28.8 Å². The average molecular weight is 246 g/mol. The number of hydrogen-bond donors (Lipinski definition) is 1. The molecule has 0 bridgehead atoms. The fraction of sp³-hybridized carbons (Fsp3) is 0.500. The van der Waals surface area contributed by atoms with Crippen molar-refractivity contribution in [2.75, 3.05) is 6.54 Å². The van der Waals surface area contributed by atoms with Crippen molar-refractivity contribution in [2.24, 2.45) is 0 Å². The first-order chi connectivity index (χ1) is 8.23. The number of fused-ring (bicyclic) bond motifs is 1. The van der Waals surface area contributed by atoms with Crippen molar-refractivity contribution in [3.63, 3.8) is 0 Å². The van der Waals surface area contributed by atoms with E-state index in [0.717, 1.165) is 18.5 Å². The average Bonchev–Trinajstić information content (AvgIpc) is 2.94. The lowest BCUT2D eigenvalue weighted by molar-refractivity contribution is 0.375. The minimum Gasteiger partial charge on any atom is -0.305 e. The second kappa shape index (κ2) is 4.07. The molecule has 0 amide bonds. The molecule has 0 radical (unpaired) electrons. The highest BCUT2D eigenvalue weighted by molar-refractivity contribution is 7.18. The maximum atomic E-state index is 4.85. The zero-order valence-corrected chi connectivity index (χ0v) is 11.2. The van der Waals surface area contributed by atoms with Crippen molar-refractivity contribution < 1.29 is 0 Å². The Hall–Kier alpha value is -0.930. The highest BCUT2D eigenvalue weighted by atomic mass is 32.1. The van der Waals surface area contributed by atoms with Crippen LogP contribution in [0.1, 0.15) is 36.8 Å². The molecule has 1 N–H and O–H groups in total. The van der Waals surface area contributed by atoms with Gasteiger partial charge in [0.2, 0.25) is 0 Å². The Kier molecular flexibility index (Phi) is 2.68. The number of aromatic nitrogens is 1. The Morgan fingerprint density at radius 1 is 1.47 bits per heavy atom. The summed E-state index contributed by atoms with van der Waals surface area (Å²) < 4.78 is 1.31. The van der Waals surface area contributed by atoms with Crippen LogP contribution in [0.15, 0.2) is 18.2 Å². The van der Waals surface area contributed by atoms with Crippen LogP contribution in [0.4, 0.5) is 0 Å². The monoisotopic (exact) mass is 246 g/mol. The van der Waals surface area contributed by atoms with Crippen LogP contribution in [0.5, 0.6) is 0 Å². The van der Waals surface area contributed by atoms with Crippen molar-refractivity contribution in [1.82, 2.24) is 10.3 Å². The van der Waals surface area contributed by atoms with Crippen LogP contribution in [0, 0.1) is 6.92 Å². The van der Waals surface area contributed by atoms with Crippen LogP contribution < -0.4 is 5.32 Å². The third-order valence-corrected chi connectivity index (χ3v) is 5.04. The number of hydrogen-bond acceptors (Lipinski definition) is 3. The Balaban J connectivity index is 2.11. The van der Waals surface area contributed by atoms with Crippen molar-refractivity contribution in [3.8, 4) is 0 Å². The molecule has 0 saturated carbocycles. The van der Waals surface area contributed by atoms with Crippen molar-refractivity contribution in [1.29, 1.82) is 0 Å². The molecule has 0 aliphatic carbocycles. The number of thiazole rings is 1. The molecule has 2 aromatic rings. The zero-order valence-electron chi connectivity index (χ0n) is 10.4. The number of aryl methyl sites for hydroxylation is 1. The van der Waals surface area contributed by atoms with Gasteiger partial charge < -0.3 is 5.32 Å². The van der Waals surface area contributed by atoms with E-state index in [9.17, 15) is 0 Å². The summed E-state index contributed by atoms with van der Waals surface area (Å²) in [6.45, 7) is 5.51. The molecule has 1 saturated heterocycles. The Labute approximate surface area is 106 Å². The molecule has 1 aromatic carbocycles. The molecule has 1 aliphatic rings. The summed E-state index contributed by atoms with van der Waals surface area (Å²) in [4.78, 5) is 4.85. The summed E-state index contributed by atoms with van der Waals surface area (Å²) >= 11 is 1.85. The van der Waals surface area contributed by atoms with Gasteiger partial charge in [0.15, 0.2) is 0 Å². The lowest BCUT2D eigenvalue weighted by Gasteiger charge is -2.25. The lowest BCUT2D eigenvalue weighted by Crippen LogP contribution is -2.35. The molecule has 1 unspecified atom stereocenters. The predicted octanol–water partition coefficient (Wildman–Crippen LogP) is 3.59. The van der Waals surface area contributed by atoms with E-state index in [1.54, 1.807) is 0 Å². The quantitative estimate of drug-likeness (QED) is 0.876. The Bertz CT molecular complexity index is 538. The standard InChI is InChI=1S/C14H18N2S/c1-3-14(7-4-8-15-14)13-16-11-9-10(2)5-6-12(11)17-13/h5-6,9,15H,3-4,7-8H2,1-2H3. The van der Waals surface area contributed by atoms with Gasteiger partial charge in [-0.2, -0.15) is 0 Å². The van der Waals surface area contributed by atoms with Gasteiger partial charge in [-0.15, -0.1) is 11.3 Å². The highest BCUT2D eigenvalue weighted by Gasteiger charge is 2.36. The molecule has 17 heavy (non-hydrogen) atoms. The summed E-state index contributed by atoms with van der Waals surface area (Å²) in [7, 11) is 0. The summed E-state index contributed by atoms with van der Waals surface area (Å²) in [5.41, 5.74) is 2.60. The molecule has 1 atom stereocenters. The van der Waals surface area contributed by atoms with Crippen LogP contribution in [-0.2, 0) is 5.54 Å². The lowest BCUT2D eigenvalue weighted by atomic mass is 9.95. The zero-order chi connectivity index (χ0) is 11.9. The van der Waals surface area contributed by atoms with Gasteiger partial charge in [0.05, 0.1) is 15.8 Å². The van der Waals surface area contributed by atoms with E-state index < -0.39 is 0 Å². The van der Waals surface area contributed by atoms with Crippen LogP contribution >= 0.6 is 11.3 Å². The van der Waals surface area contributed by atoms with Crippen LogP contribution in [-0.4, -0.2) is 11.5 Å². The Morgan fingerprint density at radius 3 is 3.06 bits per heavy atom. The van der Waals surface area contributed by atoms with E-state index in [2.05, 4.69) is 37.4 Å². The van der Waals surface area contributed by atoms with Gasteiger partial charge in [-0.25, -0.2) is 4.98 Å². The molecule has 0 spiro atoms. The topological polar surface area (TPSA) is 24.9 Å². The fourth-order valence-corrected chi connectivity index (χ4v) is 3.90. The van der Waals surface area contributed by atoms with E-state index in [4.69, 9.17) is 4.98 Å². The van der Waals surface area contributed by atoms with Crippen LogP contribution in [0.25, 0.3) is 10.2 Å². The number of benzene rings is 1. The van der Waals surface area contributed by atoms with Gasteiger partial charge in [0.25, 0.3) is 0 Å². The van der Waals surface area contributed by atoms with Crippen molar-refractivity contribution >= 4 is 21.6 Å². The molecule has 3 rings (SSSR count). The van der Waals surface area contributed by atoms with Crippen LogP contribution in [0.3, 0.4) is 0 Å². The summed E-state index contributed by atoms with van der Waals surface area (Å²) in [6.07, 6.45) is 3.62. The summed E-state index contributed by atoms with van der Waals surface area (Å²) in [5.74, 6) is 0. The summed E-state index contributed by atoms with van der Waals surface area (Å²) in [5, 5.41) is 4.94. The van der Waals surface area contributed by atoms with E-state index in [1.165, 1.54) is 28.1 Å². The molecule has 1 aliphatic heterocycles. The highest BCUT2D eigenvalue weighted by Crippen LogP contribution is 2.38. The maximum Gasteiger partial charge on any atom is 0.114 e. The van der Waals surface area contributed by atoms with Gasteiger partial charge in [0, 0.05) is 0 Å². The third-order valence-electron chi connectivity index (χ3n) is 3.80. The van der Waals surface area contributed by atoms with Gasteiger partial charge >= 0.3 is 0 Å². The molecule has 3 heteroatoms. The molecule has 2 nitrogen and oxygen atoms in total. The normalized spacial score (nSPS) is 24.6. The second-order valence-corrected chi connectivity index (χ2v) is 5.99. The largest absolute Gasteiger partial charge is 0.305 e. The second-order valence-electron chi connectivity index (χ2n) is 4.96. The first-order valence-electron chi connectivity index (χ1n) is 6.36. The first kappa shape index (κ1) is 11.2. The SMILES string of the molecule is CCC1(c2nc3cc(C)ccc3s2)CCCN1. The van der Waals surface area contributed by atoms with E-state index in [1.807, 2.05) is 11.3 Å². The van der Waals surface area contributed by atoms with Crippen molar-refractivity contribution in [2.45, 2.75) is 38.6 Å². The van der Waals surface area contributed by atoms with Crippen LogP contribution in [0.2, 0.25) is 0 Å². The minimum atomic E-state index is 0.150. The van der Waals surface area contributed by atoms with Gasteiger partial charge in [0.1, 0.15) is 5.01 Å². The molecule has 1 aromatic heterocycles. The number of nitrogens with zero attached hydrogens (tertiary/aromatic N) is 1. The van der Waals surface area contributed by atoms with E-state index in [-0.39, 0.29) is 5.54 Å². The van der Waals surface area contributed by atoms with Gasteiger partial charge in [-0.3, -0.25) is 0 Å². The fourth-order valence-electron chi connectivity index (χ4n) is 2.68. The predicted molar refractivity (Wildman–Crippen MR) is 73.6 cm³/mol. The molecule has 90 valence electrons. The first-order valence-corrected chi connectivity index (χ1v) is 7.18. The number of rotatable bonds is 2. The molecular formula is C14H18N2S. The van der Waals surface area contributed by atoms with Gasteiger partial charge in [-0.05, 0) is 50.4 Å². The third kappa shape index (κ3) is 1.78. The van der Waals surface area contributed by atoms with E-state index in [0.29, 0.717) is 0 Å². The minimum absolute atomic E-state index is 0.150. The Morgan fingerprint density at radius 2 is 2.35 bits per heavy atom. The maximum absolute atomic E-state index is 4.85. The molecular weight excluding hydrogens is 228 g/mol. The summed E-state index contributed by atoms with van der Waals surface area (Å²) in [6, 6.07) is 6.56. The molecule has 2 heterocycles.